The van der Waals surface area contributed by atoms with Crippen molar-refractivity contribution in [1.29, 1.82) is 0 Å². The minimum Gasteiger partial charge on any atom is -0.480 e. The molecule has 0 aromatic carbocycles. The van der Waals surface area contributed by atoms with Gasteiger partial charge >= 0.3 is 5.97 Å². The lowest BCUT2D eigenvalue weighted by atomic mass is 9.94. The number of carbonyl (C=O) groups excluding carboxylic acids is 2. The van der Waals surface area contributed by atoms with Crippen LogP contribution in [-0.2, 0) is 19.1 Å². The Balaban J connectivity index is 4.96. The average molecular weight is 244 g/mol. The minimum absolute atomic E-state index is 0.340. The lowest BCUT2D eigenvalue weighted by Gasteiger charge is -2.27. The van der Waals surface area contributed by atoms with Crippen molar-refractivity contribution < 1.29 is 24.2 Å². The van der Waals surface area contributed by atoms with Crippen molar-refractivity contribution in [2.75, 3.05) is 0 Å². The molecule has 0 saturated heterocycles. The van der Waals surface area contributed by atoms with Gasteiger partial charge in [-0.1, -0.05) is 6.92 Å². The lowest BCUT2D eigenvalue weighted by molar-refractivity contribution is -0.158. The van der Waals surface area contributed by atoms with E-state index >= 15 is 0 Å². The van der Waals surface area contributed by atoms with E-state index in [9.17, 15) is 14.4 Å². The Morgan fingerprint density at radius 1 is 1.24 bits per heavy atom. The molecule has 0 spiro atoms. The maximum atomic E-state index is 11.9. The van der Waals surface area contributed by atoms with Crippen LogP contribution in [0.25, 0.3) is 0 Å². The van der Waals surface area contributed by atoms with Crippen LogP contribution in [0.4, 0.5) is 0 Å². The van der Waals surface area contributed by atoms with Crippen molar-refractivity contribution in [3.8, 4) is 0 Å². The van der Waals surface area contributed by atoms with Crippen molar-refractivity contribution in [2.45, 2.75) is 52.7 Å². The maximum absolute atomic E-state index is 11.9. The molecule has 17 heavy (non-hydrogen) atoms. The summed E-state index contributed by atoms with van der Waals surface area (Å²) in [5.74, 6) is -4.39. The van der Waals surface area contributed by atoms with E-state index in [1.54, 1.807) is 27.7 Å². The van der Waals surface area contributed by atoms with E-state index in [-0.39, 0.29) is 0 Å². The normalized spacial score (nSPS) is 15.1. The Bertz CT molecular complexity index is 299. The standard InChI is InChI=1S/C12H20O5/c1-6-8(17-12(3,4)5)10(14)9(7(2)13)11(15)16/h8-9H,6H2,1-5H3,(H,15,16). The largest absolute Gasteiger partial charge is 0.480 e. The highest BCUT2D eigenvalue weighted by Gasteiger charge is 2.37. The van der Waals surface area contributed by atoms with Gasteiger partial charge in [-0.05, 0) is 34.1 Å². The molecule has 0 fully saturated rings. The molecule has 0 aliphatic carbocycles. The fraction of sp³-hybridized carbons (Fsp3) is 0.750. The topological polar surface area (TPSA) is 80.7 Å². The van der Waals surface area contributed by atoms with Crippen LogP contribution in [-0.4, -0.2) is 34.3 Å². The zero-order valence-electron chi connectivity index (χ0n) is 10.9. The third-order valence-electron chi connectivity index (χ3n) is 2.12. The summed E-state index contributed by atoms with van der Waals surface area (Å²) in [4.78, 5) is 33.9. The third kappa shape index (κ3) is 5.08. The second-order valence-corrected chi connectivity index (χ2v) is 4.91. The third-order valence-corrected chi connectivity index (χ3v) is 2.12. The van der Waals surface area contributed by atoms with Crippen LogP contribution in [0.5, 0.6) is 0 Å². The molecule has 98 valence electrons. The zero-order valence-corrected chi connectivity index (χ0v) is 10.9. The van der Waals surface area contributed by atoms with Crippen LogP contribution in [0.1, 0.15) is 41.0 Å². The van der Waals surface area contributed by atoms with Crippen molar-refractivity contribution >= 4 is 17.5 Å². The molecule has 0 amide bonds. The summed E-state index contributed by atoms with van der Waals surface area (Å²) in [5, 5.41) is 8.86. The summed E-state index contributed by atoms with van der Waals surface area (Å²) in [5.41, 5.74) is -0.559. The first kappa shape index (κ1) is 15.8. The van der Waals surface area contributed by atoms with Gasteiger partial charge in [0.25, 0.3) is 0 Å². The maximum Gasteiger partial charge on any atom is 0.321 e. The van der Waals surface area contributed by atoms with Gasteiger partial charge in [0.1, 0.15) is 6.10 Å². The number of hydrogen-bond donors (Lipinski definition) is 1. The quantitative estimate of drug-likeness (QED) is 0.715. The summed E-state index contributed by atoms with van der Waals surface area (Å²) in [6, 6.07) is 0. The number of ketones is 2. The van der Waals surface area contributed by atoms with Crippen LogP contribution in [0.3, 0.4) is 0 Å². The fourth-order valence-corrected chi connectivity index (χ4v) is 1.45. The number of hydrogen-bond acceptors (Lipinski definition) is 4. The highest BCUT2D eigenvalue weighted by Crippen LogP contribution is 2.17. The van der Waals surface area contributed by atoms with E-state index in [1.807, 2.05) is 0 Å². The van der Waals surface area contributed by atoms with E-state index in [1.165, 1.54) is 0 Å². The van der Waals surface area contributed by atoms with Crippen LogP contribution < -0.4 is 0 Å². The molecule has 5 heteroatoms. The monoisotopic (exact) mass is 244 g/mol. The van der Waals surface area contributed by atoms with Gasteiger partial charge in [-0.3, -0.25) is 14.4 Å². The van der Waals surface area contributed by atoms with E-state index in [2.05, 4.69) is 0 Å². The molecule has 0 aromatic heterocycles. The molecule has 0 aliphatic heterocycles. The van der Waals surface area contributed by atoms with Gasteiger partial charge in [-0.15, -0.1) is 0 Å². The predicted molar refractivity (Wildman–Crippen MR) is 61.7 cm³/mol. The first-order valence-electron chi connectivity index (χ1n) is 5.55. The number of aliphatic carboxylic acids is 1. The van der Waals surface area contributed by atoms with E-state index < -0.39 is 35.2 Å². The molecule has 2 unspecified atom stereocenters. The van der Waals surface area contributed by atoms with Crippen molar-refractivity contribution in [1.82, 2.24) is 0 Å². The summed E-state index contributed by atoms with van der Waals surface area (Å²) in [6.45, 7) is 8.12. The predicted octanol–water partition coefficient (Wildman–Crippen LogP) is 1.44. The van der Waals surface area contributed by atoms with Crippen molar-refractivity contribution in [3.05, 3.63) is 0 Å². The molecule has 5 nitrogen and oxygen atoms in total. The van der Waals surface area contributed by atoms with Gasteiger partial charge in [-0.2, -0.15) is 0 Å². The van der Waals surface area contributed by atoms with E-state index in [0.29, 0.717) is 6.42 Å². The number of carboxylic acid groups (broad SMARTS) is 1. The zero-order chi connectivity index (χ0) is 13.8. The average Bonchev–Trinajstić information content (AvgIpc) is 2.11. The van der Waals surface area contributed by atoms with Gasteiger partial charge in [-0.25, -0.2) is 0 Å². The Labute approximate surface area is 101 Å². The van der Waals surface area contributed by atoms with Crippen molar-refractivity contribution in [3.63, 3.8) is 0 Å². The van der Waals surface area contributed by atoms with Gasteiger partial charge < -0.3 is 9.84 Å². The number of ether oxygens (including phenoxy) is 1. The lowest BCUT2D eigenvalue weighted by Crippen LogP contribution is -2.41. The number of carbonyl (C=O) groups is 3. The summed E-state index contributed by atoms with van der Waals surface area (Å²) in [6.07, 6.45) is -0.521. The van der Waals surface area contributed by atoms with E-state index in [0.717, 1.165) is 6.92 Å². The Morgan fingerprint density at radius 3 is 1.94 bits per heavy atom. The smallest absolute Gasteiger partial charge is 0.321 e. The highest BCUT2D eigenvalue weighted by atomic mass is 16.5. The summed E-state index contributed by atoms with van der Waals surface area (Å²) < 4.78 is 5.46. The molecule has 0 rings (SSSR count). The Morgan fingerprint density at radius 2 is 1.71 bits per heavy atom. The van der Waals surface area contributed by atoms with Crippen LogP contribution in [0, 0.1) is 5.92 Å². The van der Waals surface area contributed by atoms with Gasteiger partial charge in [0.2, 0.25) is 0 Å². The molecule has 0 saturated carbocycles. The fourth-order valence-electron chi connectivity index (χ4n) is 1.45. The molecule has 2 atom stereocenters. The van der Waals surface area contributed by atoms with Gasteiger partial charge in [0.05, 0.1) is 5.60 Å². The molecule has 0 aromatic rings. The number of Topliss-reactive ketones (excluding diaryl/α,β-unsaturated/α-hetero) is 2. The molecule has 0 aliphatic rings. The van der Waals surface area contributed by atoms with Gasteiger partial charge in [0.15, 0.2) is 17.5 Å². The van der Waals surface area contributed by atoms with Crippen LogP contribution in [0.2, 0.25) is 0 Å². The summed E-state index contributed by atoms with van der Waals surface area (Å²) in [7, 11) is 0. The second kappa shape index (κ2) is 5.91. The van der Waals surface area contributed by atoms with Gasteiger partial charge in [0, 0.05) is 0 Å². The molecular weight excluding hydrogens is 224 g/mol. The molecule has 1 N–H and O–H groups in total. The second-order valence-electron chi connectivity index (χ2n) is 4.91. The molecule has 0 bridgehead atoms. The first-order valence-corrected chi connectivity index (χ1v) is 5.55. The SMILES string of the molecule is CCC(OC(C)(C)C)C(=O)C(C(C)=O)C(=O)O. The Kier molecular flexibility index (Phi) is 5.48. The summed E-state index contributed by atoms with van der Waals surface area (Å²) >= 11 is 0. The minimum atomic E-state index is -1.62. The molecular formula is C12H20O5. The first-order chi connectivity index (χ1) is 7.60. The van der Waals surface area contributed by atoms with Crippen LogP contribution >= 0.6 is 0 Å². The van der Waals surface area contributed by atoms with E-state index in [4.69, 9.17) is 9.84 Å². The highest BCUT2D eigenvalue weighted by molar-refractivity contribution is 6.17. The number of carboxylic acids is 1. The molecule has 0 radical (unpaired) electrons. The van der Waals surface area contributed by atoms with Crippen LogP contribution in [0.15, 0.2) is 0 Å². The Hall–Kier alpha value is -1.23. The molecule has 0 heterocycles. The number of rotatable bonds is 6. The van der Waals surface area contributed by atoms with Crippen molar-refractivity contribution in [2.24, 2.45) is 5.92 Å².